The Morgan fingerprint density at radius 2 is 2.19 bits per heavy atom. The fraction of sp³-hybridized carbons (Fsp3) is 0.467. The summed E-state index contributed by atoms with van der Waals surface area (Å²) in [5.74, 6) is -0.760. The van der Waals surface area contributed by atoms with Gasteiger partial charge in [0.25, 0.3) is 0 Å². The molecule has 0 aliphatic carbocycles. The van der Waals surface area contributed by atoms with Crippen LogP contribution in [0.3, 0.4) is 0 Å². The van der Waals surface area contributed by atoms with Crippen molar-refractivity contribution in [3.8, 4) is 5.75 Å². The van der Waals surface area contributed by atoms with Crippen molar-refractivity contribution < 1.29 is 18.7 Å². The second-order valence-electron chi connectivity index (χ2n) is 4.97. The van der Waals surface area contributed by atoms with Gasteiger partial charge in [-0.2, -0.15) is 0 Å². The lowest BCUT2D eigenvalue weighted by Gasteiger charge is -2.24. The standard InChI is InChI=1S/C15H19FN2O3/c1-3-4-12-15(20)18(8-7-14(19)17-12)10-5-6-13(21-2)11(16)9-10/h5-6,9,12H,3-4,7-8H2,1-2H3,(H,17,19). The second kappa shape index (κ2) is 6.56. The molecule has 0 aromatic heterocycles. The maximum Gasteiger partial charge on any atom is 0.249 e. The topological polar surface area (TPSA) is 58.6 Å². The number of hydrogen-bond donors (Lipinski definition) is 1. The summed E-state index contributed by atoms with van der Waals surface area (Å²) in [4.78, 5) is 25.6. The highest BCUT2D eigenvalue weighted by Gasteiger charge is 2.30. The third kappa shape index (κ3) is 3.32. The number of nitrogens with one attached hydrogen (secondary N) is 1. The Hall–Kier alpha value is -2.11. The molecule has 5 nitrogen and oxygen atoms in total. The van der Waals surface area contributed by atoms with Gasteiger partial charge >= 0.3 is 0 Å². The van der Waals surface area contributed by atoms with E-state index in [0.717, 1.165) is 6.42 Å². The summed E-state index contributed by atoms with van der Waals surface area (Å²) < 4.78 is 18.7. The zero-order valence-electron chi connectivity index (χ0n) is 12.2. The van der Waals surface area contributed by atoms with Crippen molar-refractivity contribution in [2.24, 2.45) is 0 Å². The Kier molecular flexibility index (Phi) is 4.77. The SMILES string of the molecule is CCCC1NC(=O)CCN(c2ccc(OC)c(F)c2)C1=O. The van der Waals surface area contributed by atoms with Crippen LogP contribution in [0.5, 0.6) is 5.75 Å². The zero-order chi connectivity index (χ0) is 15.4. The zero-order valence-corrected chi connectivity index (χ0v) is 12.2. The van der Waals surface area contributed by atoms with Gasteiger partial charge in [-0.25, -0.2) is 4.39 Å². The Bertz CT molecular complexity index is 548. The van der Waals surface area contributed by atoms with Crippen LogP contribution in [-0.2, 0) is 9.59 Å². The predicted molar refractivity (Wildman–Crippen MR) is 76.8 cm³/mol. The monoisotopic (exact) mass is 294 g/mol. The van der Waals surface area contributed by atoms with E-state index in [1.807, 2.05) is 6.92 Å². The third-order valence-corrected chi connectivity index (χ3v) is 3.49. The Morgan fingerprint density at radius 1 is 1.43 bits per heavy atom. The predicted octanol–water partition coefficient (Wildman–Crippen LogP) is 1.86. The van der Waals surface area contributed by atoms with Gasteiger partial charge in [-0.15, -0.1) is 0 Å². The Morgan fingerprint density at radius 3 is 2.81 bits per heavy atom. The van der Waals surface area contributed by atoms with Crippen LogP contribution in [0, 0.1) is 5.82 Å². The second-order valence-corrected chi connectivity index (χ2v) is 4.97. The Labute approximate surface area is 123 Å². The quantitative estimate of drug-likeness (QED) is 0.922. The number of methoxy groups -OCH3 is 1. The molecule has 1 saturated heterocycles. The minimum Gasteiger partial charge on any atom is -0.494 e. The average Bonchev–Trinajstić information content (AvgIpc) is 2.59. The minimum absolute atomic E-state index is 0.125. The number of anilines is 1. The number of carbonyl (C=O) groups is 2. The van der Waals surface area contributed by atoms with E-state index >= 15 is 0 Å². The van der Waals surface area contributed by atoms with Crippen molar-refractivity contribution in [1.29, 1.82) is 0 Å². The number of amides is 2. The molecule has 114 valence electrons. The van der Waals surface area contributed by atoms with Gasteiger partial charge < -0.3 is 15.0 Å². The highest BCUT2D eigenvalue weighted by Crippen LogP contribution is 2.25. The lowest BCUT2D eigenvalue weighted by Crippen LogP contribution is -2.44. The number of carbonyl (C=O) groups excluding carboxylic acids is 2. The van der Waals surface area contributed by atoms with Crippen LogP contribution in [0.2, 0.25) is 0 Å². The summed E-state index contributed by atoms with van der Waals surface area (Å²) in [6, 6.07) is 3.82. The number of ether oxygens (including phenoxy) is 1. The summed E-state index contributed by atoms with van der Waals surface area (Å²) in [6.07, 6.45) is 1.56. The molecule has 2 rings (SSSR count). The van der Waals surface area contributed by atoms with E-state index in [9.17, 15) is 14.0 Å². The third-order valence-electron chi connectivity index (χ3n) is 3.49. The van der Waals surface area contributed by atoms with E-state index in [4.69, 9.17) is 4.74 Å². The lowest BCUT2D eigenvalue weighted by molar-refractivity contribution is -0.125. The van der Waals surface area contributed by atoms with E-state index in [1.54, 1.807) is 6.07 Å². The molecule has 21 heavy (non-hydrogen) atoms. The van der Waals surface area contributed by atoms with E-state index < -0.39 is 11.9 Å². The lowest BCUT2D eigenvalue weighted by atomic mass is 10.1. The van der Waals surface area contributed by atoms with Crippen molar-refractivity contribution in [1.82, 2.24) is 5.32 Å². The first-order valence-corrected chi connectivity index (χ1v) is 7.01. The molecule has 1 aliphatic heterocycles. The van der Waals surface area contributed by atoms with Gasteiger partial charge in [0.1, 0.15) is 6.04 Å². The number of benzene rings is 1. The largest absolute Gasteiger partial charge is 0.494 e. The summed E-state index contributed by atoms with van der Waals surface area (Å²) in [7, 11) is 1.38. The number of hydrogen-bond acceptors (Lipinski definition) is 3. The molecule has 1 fully saturated rings. The van der Waals surface area contributed by atoms with Crippen LogP contribution in [0.1, 0.15) is 26.2 Å². The molecule has 1 atom stereocenters. The number of rotatable bonds is 4. The van der Waals surface area contributed by atoms with Crippen molar-refractivity contribution in [3.05, 3.63) is 24.0 Å². The van der Waals surface area contributed by atoms with E-state index in [1.165, 1.54) is 24.1 Å². The van der Waals surface area contributed by atoms with Crippen LogP contribution >= 0.6 is 0 Å². The van der Waals surface area contributed by atoms with Gasteiger partial charge in [-0.05, 0) is 18.6 Å². The summed E-state index contributed by atoms with van der Waals surface area (Å²) >= 11 is 0. The van der Waals surface area contributed by atoms with Crippen molar-refractivity contribution in [2.75, 3.05) is 18.6 Å². The number of nitrogens with zero attached hydrogens (tertiary/aromatic N) is 1. The van der Waals surface area contributed by atoms with E-state index in [-0.39, 0.29) is 30.5 Å². The normalized spacial score (nSPS) is 19.2. The van der Waals surface area contributed by atoms with Gasteiger partial charge in [-0.1, -0.05) is 13.3 Å². The first-order valence-electron chi connectivity index (χ1n) is 7.01. The first kappa shape index (κ1) is 15.3. The highest BCUT2D eigenvalue weighted by atomic mass is 19.1. The van der Waals surface area contributed by atoms with Gasteiger partial charge in [-0.3, -0.25) is 9.59 Å². The fourth-order valence-electron chi connectivity index (χ4n) is 2.40. The molecular formula is C15H19FN2O3. The highest BCUT2D eigenvalue weighted by molar-refractivity contribution is 6.01. The summed E-state index contributed by atoms with van der Waals surface area (Å²) in [5, 5.41) is 2.72. The van der Waals surface area contributed by atoms with Crippen molar-refractivity contribution in [2.45, 2.75) is 32.2 Å². The molecule has 1 aromatic carbocycles. The molecule has 1 N–H and O–H groups in total. The van der Waals surface area contributed by atoms with Gasteiger partial charge in [0.05, 0.1) is 7.11 Å². The Balaban J connectivity index is 2.30. The van der Waals surface area contributed by atoms with Gasteiger partial charge in [0, 0.05) is 24.7 Å². The van der Waals surface area contributed by atoms with E-state index in [2.05, 4.69) is 5.32 Å². The van der Waals surface area contributed by atoms with Gasteiger partial charge in [0.2, 0.25) is 11.8 Å². The molecule has 2 amide bonds. The van der Waals surface area contributed by atoms with E-state index in [0.29, 0.717) is 12.1 Å². The first-order chi connectivity index (χ1) is 10.1. The molecule has 1 heterocycles. The summed E-state index contributed by atoms with van der Waals surface area (Å²) in [6.45, 7) is 2.19. The number of halogens is 1. The maximum absolute atomic E-state index is 13.8. The molecule has 1 aliphatic rings. The van der Waals surface area contributed by atoms with Crippen LogP contribution in [0.15, 0.2) is 18.2 Å². The van der Waals surface area contributed by atoms with Crippen LogP contribution in [-0.4, -0.2) is 31.5 Å². The molecule has 6 heteroatoms. The fourth-order valence-corrected chi connectivity index (χ4v) is 2.40. The molecule has 0 spiro atoms. The van der Waals surface area contributed by atoms with Crippen LogP contribution in [0.25, 0.3) is 0 Å². The van der Waals surface area contributed by atoms with Crippen molar-refractivity contribution in [3.63, 3.8) is 0 Å². The molecule has 1 unspecified atom stereocenters. The van der Waals surface area contributed by atoms with Gasteiger partial charge in [0.15, 0.2) is 11.6 Å². The maximum atomic E-state index is 13.8. The summed E-state index contributed by atoms with van der Waals surface area (Å²) in [5.41, 5.74) is 0.441. The molecular weight excluding hydrogens is 275 g/mol. The molecule has 0 bridgehead atoms. The van der Waals surface area contributed by atoms with Crippen LogP contribution in [0.4, 0.5) is 10.1 Å². The molecule has 0 radical (unpaired) electrons. The minimum atomic E-state index is -0.546. The molecule has 0 saturated carbocycles. The smallest absolute Gasteiger partial charge is 0.249 e. The van der Waals surface area contributed by atoms with Crippen molar-refractivity contribution >= 4 is 17.5 Å². The van der Waals surface area contributed by atoms with Crippen LogP contribution < -0.4 is 15.0 Å². The molecule has 1 aromatic rings. The average molecular weight is 294 g/mol.